The fraction of sp³-hybridized carbons (Fsp3) is 0.158. The third kappa shape index (κ3) is 3.78. The number of aromatic nitrogens is 1. The number of aliphatic carboxylic acids is 1. The van der Waals surface area contributed by atoms with Gasteiger partial charge in [-0.25, -0.2) is 4.98 Å². The molecular formula is C19H16N2O7. The predicted octanol–water partition coefficient (Wildman–Crippen LogP) is 3.77. The molecule has 0 bridgehead atoms. The summed E-state index contributed by atoms with van der Waals surface area (Å²) in [4.78, 5) is 26.5. The van der Waals surface area contributed by atoms with E-state index in [9.17, 15) is 20.0 Å². The number of hydrogen-bond acceptors (Lipinski definition) is 7. The van der Waals surface area contributed by atoms with Gasteiger partial charge in [-0.1, -0.05) is 12.1 Å². The van der Waals surface area contributed by atoms with Gasteiger partial charge in [0.2, 0.25) is 5.89 Å². The lowest BCUT2D eigenvalue weighted by Gasteiger charge is -2.09. The van der Waals surface area contributed by atoms with Crippen molar-refractivity contribution in [2.75, 3.05) is 14.2 Å². The number of hydrogen-bond donors (Lipinski definition) is 1. The van der Waals surface area contributed by atoms with Crippen molar-refractivity contribution in [3.05, 3.63) is 58.0 Å². The van der Waals surface area contributed by atoms with E-state index in [0.717, 1.165) is 0 Å². The number of carboxylic acid groups (broad SMARTS) is 1. The Kier molecular flexibility index (Phi) is 5.25. The maximum absolute atomic E-state index is 11.5. The normalized spacial score (nSPS) is 11.4. The van der Waals surface area contributed by atoms with Crippen LogP contribution in [0.15, 0.2) is 40.8 Å². The highest BCUT2D eigenvalue weighted by molar-refractivity contribution is 5.92. The molecule has 0 aliphatic rings. The SMILES string of the molecule is COc1cc(/C=C(\CC(=O)O)c2nc3ccccc3o2)c([N+](=O)[O-])cc1OC. The Hall–Kier alpha value is -3.88. The monoisotopic (exact) mass is 384 g/mol. The van der Waals surface area contributed by atoms with Crippen molar-refractivity contribution in [1.82, 2.24) is 4.98 Å². The van der Waals surface area contributed by atoms with Crippen molar-refractivity contribution >= 4 is 34.4 Å². The van der Waals surface area contributed by atoms with Crippen molar-refractivity contribution in [3.63, 3.8) is 0 Å². The Morgan fingerprint density at radius 2 is 1.93 bits per heavy atom. The zero-order valence-electron chi connectivity index (χ0n) is 15.0. The Morgan fingerprint density at radius 1 is 1.25 bits per heavy atom. The van der Waals surface area contributed by atoms with Crippen molar-refractivity contribution in [3.8, 4) is 11.5 Å². The van der Waals surface area contributed by atoms with Gasteiger partial charge in [0.1, 0.15) is 5.52 Å². The Labute approximate surface area is 159 Å². The summed E-state index contributed by atoms with van der Waals surface area (Å²) in [5, 5.41) is 20.8. The second-order valence-corrected chi connectivity index (χ2v) is 5.75. The summed E-state index contributed by atoms with van der Waals surface area (Å²) in [7, 11) is 2.77. The highest BCUT2D eigenvalue weighted by atomic mass is 16.6. The van der Waals surface area contributed by atoms with E-state index in [4.69, 9.17) is 13.9 Å². The summed E-state index contributed by atoms with van der Waals surface area (Å²) in [6.45, 7) is 0. The van der Waals surface area contributed by atoms with E-state index in [-0.39, 0.29) is 34.2 Å². The number of methoxy groups -OCH3 is 2. The number of carbonyl (C=O) groups is 1. The highest BCUT2D eigenvalue weighted by Crippen LogP contribution is 2.37. The lowest BCUT2D eigenvalue weighted by atomic mass is 10.1. The van der Waals surface area contributed by atoms with E-state index in [1.807, 2.05) is 0 Å². The number of rotatable bonds is 7. The largest absolute Gasteiger partial charge is 0.493 e. The molecule has 1 N–H and O–H groups in total. The lowest BCUT2D eigenvalue weighted by molar-refractivity contribution is -0.385. The smallest absolute Gasteiger partial charge is 0.308 e. The molecule has 1 aromatic heterocycles. The van der Waals surface area contributed by atoms with Gasteiger partial charge in [-0.2, -0.15) is 0 Å². The molecule has 2 aromatic carbocycles. The molecule has 0 saturated carbocycles. The second kappa shape index (κ2) is 7.78. The minimum absolute atomic E-state index is 0.0766. The predicted molar refractivity (Wildman–Crippen MR) is 100 cm³/mol. The van der Waals surface area contributed by atoms with Crippen molar-refractivity contribution in [2.45, 2.75) is 6.42 Å². The van der Waals surface area contributed by atoms with Gasteiger partial charge in [-0.05, 0) is 24.3 Å². The van der Waals surface area contributed by atoms with Crippen LogP contribution >= 0.6 is 0 Å². The van der Waals surface area contributed by atoms with E-state index in [1.54, 1.807) is 24.3 Å². The van der Waals surface area contributed by atoms with E-state index in [1.165, 1.54) is 32.4 Å². The first-order valence-electron chi connectivity index (χ1n) is 8.11. The molecule has 0 atom stereocenters. The zero-order chi connectivity index (χ0) is 20.3. The summed E-state index contributed by atoms with van der Waals surface area (Å²) < 4.78 is 15.9. The molecule has 0 unspecified atom stereocenters. The summed E-state index contributed by atoms with van der Waals surface area (Å²) >= 11 is 0. The fourth-order valence-electron chi connectivity index (χ4n) is 2.71. The quantitative estimate of drug-likeness (QED) is 0.482. The Morgan fingerprint density at radius 3 is 2.54 bits per heavy atom. The minimum Gasteiger partial charge on any atom is -0.493 e. The maximum atomic E-state index is 11.5. The van der Waals surface area contributed by atoms with Crippen LogP contribution in [0.4, 0.5) is 5.69 Å². The van der Waals surface area contributed by atoms with Gasteiger partial charge in [0.15, 0.2) is 17.1 Å². The molecule has 9 nitrogen and oxygen atoms in total. The van der Waals surface area contributed by atoms with Crippen LogP contribution in [0.5, 0.6) is 11.5 Å². The lowest BCUT2D eigenvalue weighted by Crippen LogP contribution is -2.00. The summed E-state index contributed by atoms with van der Waals surface area (Å²) in [5.74, 6) is -0.594. The van der Waals surface area contributed by atoms with E-state index in [2.05, 4.69) is 4.98 Å². The zero-order valence-corrected chi connectivity index (χ0v) is 15.0. The van der Waals surface area contributed by atoms with Crippen LogP contribution in [0.25, 0.3) is 22.7 Å². The molecule has 28 heavy (non-hydrogen) atoms. The summed E-state index contributed by atoms with van der Waals surface area (Å²) in [6, 6.07) is 9.57. The Bertz CT molecular complexity index is 1050. The van der Waals surface area contributed by atoms with Gasteiger partial charge in [0.25, 0.3) is 5.69 Å². The van der Waals surface area contributed by atoms with Gasteiger partial charge in [0.05, 0.1) is 37.2 Å². The topological polar surface area (TPSA) is 125 Å². The van der Waals surface area contributed by atoms with Gasteiger partial charge >= 0.3 is 5.97 Å². The number of carboxylic acids is 1. The van der Waals surface area contributed by atoms with E-state index in [0.29, 0.717) is 11.1 Å². The van der Waals surface area contributed by atoms with Crippen LogP contribution in [-0.2, 0) is 4.79 Å². The molecule has 1 heterocycles. The van der Waals surface area contributed by atoms with Crippen molar-refractivity contribution < 1.29 is 28.7 Å². The number of para-hydroxylation sites is 2. The third-order valence-electron chi connectivity index (χ3n) is 3.97. The van der Waals surface area contributed by atoms with Crippen LogP contribution in [0.3, 0.4) is 0 Å². The number of nitro benzene ring substituents is 1. The van der Waals surface area contributed by atoms with Gasteiger partial charge in [0, 0.05) is 5.57 Å². The first kappa shape index (κ1) is 18.9. The average Bonchev–Trinajstić information content (AvgIpc) is 3.10. The minimum atomic E-state index is -1.13. The van der Waals surface area contributed by atoms with Crippen molar-refractivity contribution in [1.29, 1.82) is 0 Å². The van der Waals surface area contributed by atoms with Crippen LogP contribution in [0.2, 0.25) is 0 Å². The fourth-order valence-corrected chi connectivity index (χ4v) is 2.71. The molecule has 3 aromatic rings. The molecule has 0 radical (unpaired) electrons. The van der Waals surface area contributed by atoms with Crippen molar-refractivity contribution in [2.24, 2.45) is 0 Å². The highest BCUT2D eigenvalue weighted by Gasteiger charge is 2.21. The molecule has 3 rings (SSSR count). The number of ether oxygens (including phenoxy) is 2. The summed E-state index contributed by atoms with van der Waals surface area (Å²) in [5.41, 5.74) is 1.09. The molecule has 0 spiro atoms. The molecule has 0 saturated heterocycles. The number of oxazole rings is 1. The van der Waals surface area contributed by atoms with Crippen LogP contribution in [0, 0.1) is 10.1 Å². The third-order valence-corrected chi connectivity index (χ3v) is 3.97. The van der Waals surface area contributed by atoms with Gasteiger partial charge in [-0.15, -0.1) is 0 Å². The molecule has 0 fully saturated rings. The molecule has 0 aliphatic carbocycles. The van der Waals surface area contributed by atoms with Crippen LogP contribution in [0.1, 0.15) is 17.9 Å². The number of nitro groups is 1. The average molecular weight is 384 g/mol. The molecule has 0 amide bonds. The van der Waals surface area contributed by atoms with Crippen LogP contribution in [-0.4, -0.2) is 35.2 Å². The van der Waals surface area contributed by atoms with E-state index < -0.39 is 17.3 Å². The first-order valence-corrected chi connectivity index (χ1v) is 8.11. The standard InChI is InChI=1S/C19H16N2O7/c1-26-16-8-11(14(21(24)25)10-17(16)27-2)7-12(9-18(22)23)19-20-13-5-3-4-6-15(13)28-19/h3-8,10H,9H2,1-2H3,(H,22,23)/b12-7+. The first-order chi connectivity index (χ1) is 13.4. The molecular weight excluding hydrogens is 368 g/mol. The summed E-state index contributed by atoms with van der Waals surface area (Å²) in [6.07, 6.45) is 0.928. The number of nitrogens with zero attached hydrogens (tertiary/aromatic N) is 2. The second-order valence-electron chi connectivity index (χ2n) is 5.75. The van der Waals surface area contributed by atoms with Crippen LogP contribution < -0.4 is 9.47 Å². The number of benzene rings is 2. The van der Waals surface area contributed by atoms with Gasteiger partial charge in [-0.3, -0.25) is 14.9 Å². The molecule has 144 valence electrons. The van der Waals surface area contributed by atoms with Gasteiger partial charge < -0.3 is 19.0 Å². The Balaban J connectivity index is 2.19. The number of fused-ring (bicyclic) bond motifs is 1. The molecule has 9 heteroatoms. The molecule has 0 aliphatic heterocycles. The van der Waals surface area contributed by atoms with E-state index >= 15 is 0 Å². The maximum Gasteiger partial charge on any atom is 0.308 e.